The van der Waals surface area contributed by atoms with Gasteiger partial charge in [-0.25, -0.2) is 0 Å². The second kappa shape index (κ2) is 7.45. The van der Waals surface area contributed by atoms with Crippen LogP contribution in [0.1, 0.15) is 55.4 Å². The monoisotopic (exact) mass is 449 g/mol. The van der Waals surface area contributed by atoms with Crippen molar-refractivity contribution >= 4 is 11.8 Å². The smallest absolute Gasteiger partial charge is 0.262 e. The van der Waals surface area contributed by atoms with Gasteiger partial charge in [-0.3, -0.25) is 14.5 Å². The number of imide groups is 1. The first-order valence-corrected chi connectivity index (χ1v) is 11.4. The Balaban J connectivity index is 1.41. The SMILES string of the molecule is Cc1cc(-c2nnn(C)n2)cc(C)c1-c1cccc2c1CC[C@H]2N1C(=O)c2ccccc2C1=O. The Morgan fingerprint density at radius 3 is 2.15 bits per heavy atom. The maximum absolute atomic E-state index is 13.1. The van der Waals surface area contributed by atoms with Gasteiger partial charge in [0.2, 0.25) is 5.82 Å². The molecule has 0 spiro atoms. The minimum atomic E-state index is -0.244. The normalized spacial score (nSPS) is 16.8. The number of amides is 2. The minimum absolute atomic E-state index is 0.197. The molecular weight excluding hydrogens is 426 g/mol. The van der Waals surface area contributed by atoms with E-state index in [2.05, 4.69) is 53.5 Å². The number of fused-ring (bicyclic) bond motifs is 2. The number of tetrazole rings is 1. The molecular formula is C27H23N5O2. The summed E-state index contributed by atoms with van der Waals surface area (Å²) in [5.41, 5.74) is 8.78. The molecule has 2 amide bonds. The Morgan fingerprint density at radius 1 is 0.882 bits per heavy atom. The Kier molecular flexibility index (Phi) is 4.49. The average Bonchev–Trinajstić information content (AvgIpc) is 3.51. The molecule has 0 N–H and O–H groups in total. The number of nitrogens with zero attached hydrogens (tertiary/aromatic N) is 5. The van der Waals surface area contributed by atoms with Crippen LogP contribution < -0.4 is 0 Å². The predicted molar refractivity (Wildman–Crippen MR) is 127 cm³/mol. The fraction of sp³-hybridized carbons (Fsp3) is 0.222. The van der Waals surface area contributed by atoms with Crippen molar-refractivity contribution in [1.29, 1.82) is 0 Å². The van der Waals surface area contributed by atoms with Gasteiger partial charge in [-0.2, -0.15) is 4.80 Å². The topological polar surface area (TPSA) is 81.0 Å². The Labute approximate surface area is 197 Å². The first-order chi connectivity index (χ1) is 16.4. The highest BCUT2D eigenvalue weighted by Crippen LogP contribution is 2.44. The van der Waals surface area contributed by atoms with Crippen LogP contribution in [0, 0.1) is 13.8 Å². The van der Waals surface area contributed by atoms with E-state index in [0.29, 0.717) is 17.0 Å². The minimum Gasteiger partial charge on any atom is -0.269 e. The number of rotatable bonds is 3. The second-order valence-corrected chi connectivity index (χ2v) is 9.04. The summed E-state index contributed by atoms with van der Waals surface area (Å²) < 4.78 is 0. The summed E-state index contributed by atoms with van der Waals surface area (Å²) >= 11 is 0. The zero-order valence-corrected chi connectivity index (χ0v) is 19.2. The van der Waals surface area contributed by atoms with Crippen molar-refractivity contribution in [3.05, 3.63) is 88.0 Å². The van der Waals surface area contributed by atoms with Crippen molar-refractivity contribution in [3.8, 4) is 22.5 Å². The molecule has 1 atom stereocenters. The van der Waals surface area contributed by atoms with E-state index in [1.807, 2.05) is 6.07 Å². The lowest BCUT2D eigenvalue weighted by molar-refractivity contribution is 0.0582. The summed E-state index contributed by atoms with van der Waals surface area (Å²) in [5, 5.41) is 12.4. The number of carbonyl (C=O) groups excluding carboxylic acids is 2. The van der Waals surface area contributed by atoms with Crippen LogP contribution >= 0.6 is 0 Å². The van der Waals surface area contributed by atoms with E-state index < -0.39 is 0 Å². The van der Waals surface area contributed by atoms with Crippen molar-refractivity contribution in [2.75, 3.05) is 0 Å². The van der Waals surface area contributed by atoms with E-state index >= 15 is 0 Å². The van der Waals surface area contributed by atoms with Crippen LogP contribution in [0.5, 0.6) is 0 Å². The van der Waals surface area contributed by atoms with Crippen LogP contribution in [0.25, 0.3) is 22.5 Å². The first-order valence-electron chi connectivity index (χ1n) is 11.4. The molecule has 34 heavy (non-hydrogen) atoms. The zero-order valence-electron chi connectivity index (χ0n) is 19.2. The molecule has 168 valence electrons. The lowest BCUT2D eigenvalue weighted by Crippen LogP contribution is -2.33. The Bertz CT molecular complexity index is 1440. The molecule has 0 bridgehead atoms. The van der Waals surface area contributed by atoms with Gasteiger partial charge in [0, 0.05) is 5.56 Å². The van der Waals surface area contributed by atoms with Gasteiger partial charge in [0.05, 0.1) is 24.2 Å². The van der Waals surface area contributed by atoms with Crippen LogP contribution in [0.3, 0.4) is 0 Å². The largest absolute Gasteiger partial charge is 0.269 e. The van der Waals surface area contributed by atoms with E-state index in [9.17, 15) is 9.59 Å². The van der Waals surface area contributed by atoms with Gasteiger partial charge < -0.3 is 0 Å². The van der Waals surface area contributed by atoms with Crippen LogP contribution in [0.4, 0.5) is 0 Å². The molecule has 1 aromatic heterocycles. The third-order valence-electron chi connectivity index (χ3n) is 6.94. The summed E-state index contributed by atoms with van der Waals surface area (Å²) in [7, 11) is 1.75. The van der Waals surface area contributed by atoms with Crippen molar-refractivity contribution in [1.82, 2.24) is 25.1 Å². The number of aromatic nitrogens is 4. The number of hydrogen-bond acceptors (Lipinski definition) is 5. The highest BCUT2D eigenvalue weighted by atomic mass is 16.2. The van der Waals surface area contributed by atoms with Gasteiger partial charge in [-0.1, -0.05) is 30.3 Å². The fourth-order valence-corrected chi connectivity index (χ4v) is 5.54. The van der Waals surface area contributed by atoms with Crippen molar-refractivity contribution in [3.63, 3.8) is 0 Å². The average molecular weight is 450 g/mol. The maximum Gasteiger partial charge on any atom is 0.262 e. The molecule has 0 fully saturated rings. The van der Waals surface area contributed by atoms with Crippen LogP contribution in [0.15, 0.2) is 54.6 Å². The third kappa shape index (κ3) is 2.93. The molecule has 7 heteroatoms. The standard InChI is InChI=1S/C27H23N5O2/c1-15-13-17(25-28-30-31(3)29-25)14-16(2)24(15)20-10-6-9-19-18(20)11-12-23(19)32-26(33)21-7-4-5-8-22(21)27(32)34/h4-10,13-14,23H,11-12H2,1-3H3/t23-/m1/s1. The van der Waals surface area contributed by atoms with Gasteiger partial charge in [0.1, 0.15) is 0 Å². The zero-order chi connectivity index (χ0) is 23.6. The third-order valence-corrected chi connectivity index (χ3v) is 6.94. The first kappa shape index (κ1) is 20.5. The molecule has 0 radical (unpaired) electrons. The summed E-state index contributed by atoms with van der Waals surface area (Å²) in [6, 6.07) is 17.3. The number of hydrogen-bond donors (Lipinski definition) is 0. The molecule has 2 aliphatic rings. The van der Waals surface area contributed by atoms with Crippen LogP contribution in [-0.2, 0) is 13.5 Å². The van der Waals surface area contributed by atoms with Crippen molar-refractivity contribution < 1.29 is 9.59 Å². The number of carbonyl (C=O) groups is 2. The molecule has 1 aliphatic heterocycles. The Hall–Kier alpha value is -4.13. The Morgan fingerprint density at radius 2 is 1.53 bits per heavy atom. The van der Waals surface area contributed by atoms with Crippen molar-refractivity contribution in [2.45, 2.75) is 32.7 Å². The molecule has 3 aromatic carbocycles. The second-order valence-electron chi connectivity index (χ2n) is 9.04. The molecule has 1 aliphatic carbocycles. The van der Waals surface area contributed by atoms with E-state index in [-0.39, 0.29) is 17.9 Å². The molecule has 4 aromatic rings. The van der Waals surface area contributed by atoms with Crippen LogP contribution in [0.2, 0.25) is 0 Å². The van der Waals surface area contributed by atoms with Gasteiger partial charge in [0.25, 0.3) is 11.8 Å². The molecule has 2 heterocycles. The van der Waals surface area contributed by atoms with Crippen LogP contribution in [-0.4, -0.2) is 36.9 Å². The van der Waals surface area contributed by atoms with Gasteiger partial charge in [-0.05, 0) is 89.5 Å². The molecule has 0 saturated heterocycles. The van der Waals surface area contributed by atoms with Gasteiger partial charge >= 0.3 is 0 Å². The molecule has 6 rings (SSSR count). The fourth-order valence-electron chi connectivity index (χ4n) is 5.54. The van der Waals surface area contributed by atoms with Crippen molar-refractivity contribution in [2.24, 2.45) is 7.05 Å². The van der Waals surface area contributed by atoms with E-state index in [1.54, 1.807) is 31.3 Å². The highest BCUT2D eigenvalue weighted by Gasteiger charge is 2.42. The summed E-state index contributed by atoms with van der Waals surface area (Å²) in [5.74, 6) is 0.207. The molecule has 0 saturated carbocycles. The predicted octanol–water partition coefficient (Wildman–Crippen LogP) is 4.44. The summed E-state index contributed by atoms with van der Waals surface area (Å²) in [6.07, 6.45) is 1.55. The lowest BCUT2D eigenvalue weighted by Gasteiger charge is -2.23. The summed E-state index contributed by atoms with van der Waals surface area (Å²) in [4.78, 5) is 29.2. The lowest BCUT2D eigenvalue weighted by atomic mass is 9.89. The summed E-state index contributed by atoms with van der Waals surface area (Å²) in [6.45, 7) is 4.19. The highest BCUT2D eigenvalue weighted by molar-refractivity contribution is 6.21. The van der Waals surface area contributed by atoms with Gasteiger partial charge in [-0.15, -0.1) is 10.2 Å². The molecule has 0 unspecified atom stereocenters. The quantitative estimate of drug-likeness (QED) is 0.432. The number of benzene rings is 3. The van der Waals surface area contributed by atoms with E-state index in [0.717, 1.165) is 40.7 Å². The van der Waals surface area contributed by atoms with E-state index in [4.69, 9.17) is 0 Å². The van der Waals surface area contributed by atoms with Gasteiger partial charge in [0.15, 0.2) is 0 Å². The van der Waals surface area contributed by atoms with E-state index in [1.165, 1.54) is 20.8 Å². The number of aryl methyl sites for hydroxylation is 3. The molecule has 7 nitrogen and oxygen atoms in total. The maximum atomic E-state index is 13.1.